The molecule has 0 unspecified atom stereocenters. The van der Waals surface area contributed by atoms with Crippen LogP contribution in [0, 0.1) is 0 Å². The number of hydrogen-bond donors (Lipinski definition) is 1. The molecule has 5 nitrogen and oxygen atoms in total. The first-order valence-corrected chi connectivity index (χ1v) is 9.27. The van der Waals surface area contributed by atoms with E-state index >= 15 is 0 Å². The third-order valence-corrected chi connectivity index (χ3v) is 5.33. The lowest BCUT2D eigenvalue weighted by Crippen LogP contribution is -2.22. The SMILES string of the molecule is CCOc1ncccc1CNC(=O)c1cc2c(s1)-c1ccccc1OC2. The summed E-state index contributed by atoms with van der Waals surface area (Å²) in [5.74, 6) is 1.32. The fourth-order valence-electron chi connectivity index (χ4n) is 2.90. The number of hydrogen-bond acceptors (Lipinski definition) is 5. The number of thiophene rings is 1. The highest BCUT2D eigenvalue weighted by molar-refractivity contribution is 7.17. The lowest BCUT2D eigenvalue weighted by atomic mass is 10.1. The molecule has 0 aliphatic carbocycles. The molecule has 1 aliphatic rings. The number of benzene rings is 1. The number of nitrogens with zero attached hydrogens (tertiary/aromatic N) is 1. The summed E-state index contributed by atoms with van der Waals surface area (Å²) in [6.07, 6.45) is 1.68. The molecule has 26 heavy (non-hydrogen) atoms. The first kappa shape index (κ1) is 16.6. The third-order valence-electron chi connectivity index (χ3n) is 4.12. The van der Waals surface area contributed by atoms with Gasteiger partial charge in [-0.2, -0.15) is 0 Å². The molecule has 0 spiro atoms. The monoisotopic (exact) mass is 366 g/mol. The zero-order valence-corrected chi connectivity index (χ0v) is 15.1. The zero-order valence-electron chi connectivity index (χ0n) is 14.3. The smallest absolute Gasteiger partial charge is 0.261 e. The van der Waals surface area contributed by atoms with Gasteiger partial charge in [0.1, 0.15) is 12.4 Å². The van der Waals surface area contributed by atoms with Crippen molar-refractivity contribution >= 4 is 17.2 Å². The van der Waals surface area contributed by atoms with Crippen molar-refractivity contribution < 1.29 is 14.3 Å². The van der Waals surface area contributed by atoms with E-state index < -0.39 is 0 Å². The molecular weight excluding hydrogens is 348 g/mol. The van der Waals surface area contributed by atoms with E-state index in [9.17, 15) is 4.79 Å². The fraction of sp³-hybridized carbons (Fsp3) is 0.200. The van der Waals surface area contributed by atoms with Gasteiger partial charge in [0.05, 0.1) is 11.5 Å². The van der Waals surface area contributed by atoms with Gasteiger partial charge in [0.25, 0.3) is 5.91 Å². The summed E-state index contributed by atoms with van der Waals surface area (Å²) in [6, 6.07) is 13.6. The lowest BCUT2D eigenvalue weighted by Gasteiger charge is -2.16. The molecule has 1 N–H and O–H groups in total. The molecule has 6 heteroatoms. The van der Waals surface area contributed by atoms with Crippen LogP contribution < -0.4 is 14.8 Å². The Bertz CT molecular complexity index is 952. The van der Waals surface area contributed by atoms with Crippen LogP contribution >= 0.6 is 11.3 Å². The Hall–Kier alpha value is -2.86. The van der Waals surface area contributed by atoms with Crippen LogP contribution in [0.3, 0.4) is 0 Å². The molecule has 0 saturated heterocycles. The Morgan fingerprint density at radius 3 is 3.08 bits per heavy atom. The topological polar surface area (TPSA) is 60.5 Å². The minimum absolute atomic E-state index is 0.104. The predicted molar refractivity (Wildman–Crippen MR) is 101 cm³/mol. The van der Waals surface area contributed by atoms with Crippen LogP contribution in [0.4, 0.5) is 0 Å². The maximum Gasteiger partial charge on any atom is 0.261 e. The molecule has 2 aromatic heterocycles. The van der Waals surface area contributed by atoms with E-state index in [1.165, 1.54) is 11.3 Å². The van der Waals surface area contributed by atoms with E-state index in [1.54, 1.807) is 6.20 Å². The Morgan fingerprint density at radius 2 is 2.19 bits per heavy atom. The lowest BCUT2D eigenvalue weighted by molar-refractivity contribution is 0.0954. The molecule has 0 radical (unpaired) electrons. The Labute approximate surface area is 155 Å². The van der Waals surface area contributed by atoms with Crippen molar-refractivity contribution in [3.05, 3.63) is 64.7 Å². The van der Waals surface area contributed by atoms with Gasteiger partial charge in [-0.25, -0.2) is 4.98 Å². The number of nitrogens with one attached hydrogen (secondary N) is 1. The van der Waals surface area contributed by atoms with E-state index in [2.05, 4.69) is 10.3 Å². The summed E-state index contributed by atoms with van der Waals surface area (Å²) >= 11 is 1.50. The van der Waals surface area contributed by atoms with Crippen molar-refractivity contribution in [1.29, 1.82) is 0 Å². The molecule has 0 saturated carbocycles. The Morgan fingerprint density at radius 1 is 1.31 bits per heavy atom. The van der Waals surface area contributed by atoms with Crippen molar-refractivity contribution in [2.45, 2.75) is 20.1 Å². The molecule has 1 aliphatic heterocycles. The first-order valence-electron chi connectivity index (χ1n) is 8.46. The average molecular weight is 366 g/mol. The van der Waals surface area contributed by atoms with Crippen molar-refractivity contribution in [2.24, 2.45) is 0 Å². The highest BCUT2D eigenvalue weighted by atomic mass is 32.1. The fourth-order valence-corrected chi connectivity index (χ4v) is 4.01. The number of amides is 1. The van der Waals surface area contributed by atoms with Crippen LogP contribution in [0.2, 0.25) is 0 Å². The zero-order chi connectivity index (χ0) is 17.9. The molecule has 0 fully saturated rings. The summed E-state index contributed by atoms with van der Waals surface area (Å²) in [6.45, 7) is 3.31. The van der Waals surface area contributed by atoms with Crippen molar-refractivity contribution in [2.75, 3.05) is 6.61 Å². The van der Waals surface area contributed by atoms with Gasteiger partial charge in [-0.05, 0) is 31.2 Å². The largest absolute Gasteiger partial charge is 0.488 e. The average Bonchev–Trinajstić information content (AvgIpc) is 3.12. The van der Waals surface area contributed by atoms with E-state index in [1.807, 2.05) is 49.4 Å². The maximum absolute atomic E-state index is 12.6. The van der Waals surface area contributed by atoms with Gasteiger partial charge >= 0.3 is 0 Å². The van der Waals surface area contributed by atoms with Gasteiger partial charge in [0, 0.05) is 34.3 Å². The van der Waals surface area contributed by atoms with Crippen LogP contribution in [0.15, 0.2) is 48.7 Å². The van der Waals surface area contributed by atoms with Gasteiger partial charge in [0.15, 0.2) is 0 Å². The summed E-state index contributed by atoms with van der Waals surface area (Å²) in [5.41, 5.74) is 2.96. The molecule has 0 atom stereocenters. The van der Waals surface area contributed by atoms with Gasteiger partial charge < -0.3 is 14.8 Å². The van der Waals surface area contributed by atoms with Gasteiger partial charge in [-0.1, -0.05) is 18.2 Å². The highest BCUT2D eigenvalue weighted by Gasteiger charge is 2.22. The van der Waals surface area contributed by atoms with Crippen molar-refractivity contribution in [3.63, 3.8) is 0 Å². The molecule has 3 heterocycles. The highest BCUT2D eigenvalue weighted by Crippen LogP contribution is 2.42. The molecule has 1 amide bonds. The minimum atomic E-state index is -0.104. The molecule has 4 rings (SSSR count). The predicted octanol–water partition coefficient (Wildman–Crippen LogP) is 4.03. The quantitative estimate of drug-likeness (QED) is 0.741. The third kappa shape index (κ3) is 3.15. The molecular formula is C20H18N2O3S. The molecule has 0 bridgehead atoms. The summed E-state index contributed by atoms with van der Waals surface area (Å²) in [7, 11) is 0. The Balaban J connectivity index is 1.52. The number of ether oxygens (including phenoxy) is 2. The summed E-state index contributed by atoms with van der Waals surface area (Å²) in [4.78, 5) is 18.6. The minimum Gasteiger partial charge on any atom is -0.488 e. The number of aromatic nitrogens is 1. The van der Waals surface area contributed by atoms with Gasteiger partial charge in [-0.15, -0.1) is 11.3 Å². The van der Waals surface area contributed by atoms with Crippen molar-refractivity contribution in [1.82, 2.24) is 10.3 Å². The first-order chi connectivity index (χ1) is 12.8. The number of fused-ring (bicyclic) bond motifs is 3. The van der Waals surface area contributed by atoms with Crippen LogP contribution in [-0.4, -0.2) is 17.5 Å². The van der Waals surface area contributed by atoms with E-state index in [0.717, 1.165) is 27.3 Å². The van der Waals surface area contributed by atoms with E-state index in [4.69, 9.17) is 9.47 Å². The number of para-hydroxylation sites is 1. The summed E-state index contributed by atoms with van der Waals surface area (Å²) in [5, 5.41) is 2.96. The van der Waals surface area contributed by atoms with E-state index in [-0.39, 0.29) is 5.91 Å². The number of carbonyl (C=O) groups is 1. The number of pyridine rings is 1. The Kier molecular flexibility index (Phi) is 4.58. The van der Waals surface area contributed by atoms with Crippen LogP contribution in [0.1, 0.15) is 27.7 Å². The van der Waals surface area contributed by atoms with Crippen molar-refractivity contribution in [3.8, 4) is 22.1 Å². The normalized spacial score (nSPS) is 11.9. The second-order valence-corrected chi connectivity index (χ2v) is 6.89. The molecule has 1 aromatic carbocycles. The van der Waals surface area contributed by atoms with Gasteiger partial charge in [-0.3, -0.25) is 4.79 Å². The molecule has 3 aromatic rings. The van der Waals surface area contributed by atoms with E-state index in [0.29, 0.717) is 30.5 Å². The number of rotatable bonds is 5. The van der Waals surface area contributed by atoms with Crippen LogP contribution in [-0.2, 0) is 13.2 Å². The standard InChI is InChI=1S/C20H18N2O3S/c1-2-24-20-13(6-5-9-21-20)11-22-19(23)17-10-14-12-25-16-8-4-3-7-15(16)18(14)26-17/h3-10H,2,11-12H2,1H3,(H,22,23). The number of carbonyl (C=O) groups excluding carboxylic acids is 1. The molecule has 132 valence electrons. The summed E-state index contributed by atoms with van der Waals surface area (Å²) < 4.78 is 11.3. The second-order valence-electron chi connectivity index (χ2n) is 5.83. The van der Waals surface area contributed by atoms with Crippen LogP contribution in [0.5, 0.6) is 11.6 Å². The maximum atomic E-state index is 12.6. The second kappa shape index (κ2) is 7.17. The van der Waals surface area contributed by atoms with Gasteiger partial charge in [0.2, 0.25) is 5.88 Å². The van der Waals surface area contributed by atoms with Crippen LogP contribution in [0.25, 0.3) is 10.4 Å².